The van der Waals surface area contributed by atoms with Gasteiger partial charge in [0.25, 0.3) is 0 Å². The number of halogens is 1. The van der Waals surface area contributed by atoms with E-state index in [0.29, 0.717) is 24.4 Å². The predicted octanol–water partition coefficient (Wildman–Crippen LogP) is 1.21. The van der Waals surface area contributed by atoms with Crippen molar-refractivity contribution in [1.82, 2.24) is 14.8 Å². The molecule has 1 aliphatic rings. The predicted molar refractivity (Wildman–Crippen MR) is 61.7 cm³/mol. The Balaban J connectivity index is 2.21. The van der Waals surface area contributed by atoms with Crippen molar-refractivity contribution in [2.75, 3.05) is 6.61 Å². The van der Waals surface area contributed by atoms with Crippen molar-refractivity contribution in [3.05, 3.63) is 30.1 Å². The topological polar surface area (TPSA) is 50.9 Å². The summed E-state index contributed by atoms with van der Waals surface area (Å²) < 4.78 is 15.1. The Morgan fingerprint density at radius 2 is 2.44 bits per heavy atom. The lowest BCUT2D eigenvalue weighted by Gasteiger charge is -2.10. The largest absolute Gasteiger partial charge is 0.394 e. The highest BCUT2D eigenvalue weighted by molar-refractivity contribution is 7.81. The van der Waals surface area contributed by atoms with Crippen molar-refractivity contribution < 1.29 is 9.50 Å². The average Bonchev–Trinajstić information content (AvgIpc) is 2.67. The lowest BCUT2D eigenvalue weighted by Crippen LogP contribution is -2.05. The van der Waals surface area contributed by atoms with Gasteiger partial charge >= 0.3 is 0 Å². The SMILES string of the molecule is OCCn1cnc(C2=CCC(S)C=C2F)n1. The lowest BCUT2D eigenvalue weighted by molar-refractivity contribution is 0.269. The molecule has 0 aliphatic heterocycles. The van der Waals surface area contributed by atoms with Crippen LogP contribution in [0, 0.1) is 0 Å². The molecule has 86 valence electrons. The number of nitrogens with zero attached hydrogens (tertiary/aromatic N) is 3. The normalized spacial score (nSPS) is 20.6. The summed E-state index contributed by atoms with van der Waals surface area (Å²) in [6, 6.07) is 0. The zero-order valence-electron chi connectivity index (χ0n) is 8.54. The van der Waals surface area contributed by atoms with Gasteiger partial charge in [-0.15, -0.1) is 0 Å². The summed E-state index contributed by atoms with van der Waals surface area (Å²) in [5.74, 6) is 0.00966. The van der Waals surface area contributed by atoms with Gasteiger partial charge in [-0.05, 0) is 12.5 Å². The maximum Gasteiger partial charge on any atom is 0.183 e. The van der Waals surface area contributed by atoms with Crippen LogP contribution in [-0.2, 0) is 6.54 Å². The number of aromatic nitrogens is 3. The van der Waals surface area contributed by atoms with Crippen LogP contribution in [0.5, 0.6) is 0 Å². The third-order valence-electron chi connectivity index (χ3n) is 2.27. The van der Waals surface area contributed by atoms with Gasteiger partial charge in [-0.3, -0.25) is 4.68 Å². The smallest absolute Gasteiger partial charge is 0.183 e. The summed E-state index contributed by atoms with van der Waals surface area (Å²) in [5.41, 5.74) is 0.405. The van der Waals surface area contributed by atoms with Crippen molar-refractivity contribution in [1.29, 1.82) is 0 Å². The van der Waals surface area contributed by atoms with Crippen molar-refractivity contribution in [3.63, 3.8) is 0 Å². The molecule has 0 amide bonds. The highest BCUT2D eigenvalue weighted by Gasteiger charge is 2.17. The Morgan fingerprint density at radius 3 is 3.12 bits per heavy atom. The van der Waals surface area contributed by atoms with Crippen LogP contribution >= 0.6 is 12.6 Å². The zero-order chi connectivity index (χ0) is 11.5. The summed E-state index contributed by atoms with van der Waals surface area (Å²) in [4.78, 5) is 4.00. The maximum absolute atomic E-state index is 13.6. The van der Waals surface area contributed by atoms with E-state index in [1.54, 1.807) is 6.08 Å². The summed E-state index contributed by atoms with van der Waals surface area (Å²) >= 11 is 4.17. The minimum absolute atomic E-state index is 0.0150. The number of thiol groups is 1. The zero-order valence-corrected chi connectivity index (χ0v) is 9.44. The Bertz CT molecular complexity index is 441. The van der Waals surface area contributed by atoms with Gasteiger partial charge in [-0.25, -0.2) is 9.37 Å². The molecule has 1 heterocycles. The first-order valence-electron chi connectivity index (χ1n) is 4.97. The molecular formula is C10H12FN3OS. The maximum atomic E-state index is 13.6. The fourth-order valence-corrected chi connectivity index (χ4v) is 1.73. The van der Waals surface area contributed by atoms with Gasteiger partial charge in [0.2, 0.25) is 0 Å². The van der Waals surface area contributed by atoms with Crippen LogP contribution in [0.4, 0.5) is 4.39 Å². The first-order chi connectivity index (χ1) is 7.70. The van der Waals surface area contributed by atoms with Gasteiger partial charge in [-0.2, -0.15) is 17.7 Å². The van der Waals surface area contributed by atoms with E-state index >= 15 is 0 Å². The molecule has 1 unspecified atom stereocenters. The molecule has 1 aromatic rings. The molecule has 1 atom stereocenters. The lowest BCUT2D eigenvalue weighted by atomic mass is 10.1. The molecule has 0 bridgehead atoms. The number of hydrogen-bond donors (Lipinski definition) is 2. The van der Waals surface area contributed by atoms with Crippen LogP contribution in [0.25, 0.3) is 5.57 Å². The van der Waals surface area contributed by atoms with E-state index in [4.69, 9.17) is 5.11 Å². The number of hydrogen-bond acceptors (Lipinski definition) is 4. The van der Waals surface area contributed by atoms with Crippen LogP contribution in [0.3, 0.4) is 0 Å². The van der Waals surface area contributed by atoms with Gasteiger partial charge in [0.15, 0.2) is 5.82 Å². The van der Waals surface area contributed by atoms with Gasteiger partial charge in [0.1, 0.15) is 12.2 Å². The number of aliphatic hydroxyl groups excluding tert-OH is 1. The number of allylic oxidation sites excluding steroid dienone is 3. The van der Waals surface area contributed by atoms with Crippen molar-refractivity contribution in [2.45, 2.75) is 18.2 Å². The molecule has 0 saturated heterocycles. The summed E-state index contributed by atoms with van der Waals surface area (Å²) in [6.07, 6.45) is 5.34. The van der Waals surface area contributed by atoms with Crippen LogP contribution in [0.15, 0.2) is 24.3 Å². The summed E-state index contributed by atoms with van der Waals surface area (Å²) in [5, 5.41) is 12.7. The molecule has 16 heavy (non-hydrogen) atoms. The van der Waals surface area contributed by atoms with Crippen LogP contribution in [0.2, 0.25) is 0 Å². The molecule has 0 saturated carbocycles. The number of rotatable bonds is 3. The molecule has 0 fully saturated rings. The van der Waals surface area contributed by atoms with E-state index in [-0.39, 0.29) is 17.7 Å². The van der Waals surface area contributed by atoms with E-state index < -0.39 is 0 Å². The van der Waals surface area contributed by atoms with Crippen molar-refractivity contribution in [3.8, 4) is 0 Å². The first-order valence-corrected chi connectivity index (χ1v) is 5.49. The standard InChI is InChI=1S/C10H12FN3OS/c11-9-5-7(16)1-2-8(9)10-12-6-14(13-10)3-4-15/h2,5-7,15-16H,1,3-4H2. The third-order valence-corrected chi connectivity index (χ3v) is 2.63. The van der Waals surface area contributed by atoms with E-state index in [2.05, 4.69) is 22.7 Å². The van der Waals surface area contributed by atoms with E-state index in [1.165, 1.54) is 17.1 Å². The Morgan fingerprint density at radius 1 is 1.62 bits per heavy atom. The monoisotopic (exact) mass is 241 g/mol. The average molecular weight is 241 g/mol. The Hall–Kier alpha value is -1.14. The fraction of sp³-hybridized carbons (Fsp3) is 0.400. The quantitative estimate of drug-likeness (QED) is 0.782. The molecule has 1 aliphatic carbocycles. The molecule has 0 aromatic carbocycles. The second kappa shape index (κ2) is 4.80. The first kappa shape index (κ1) is 11.3. The third kappa shape index (κ3) is 2.33. The van der Waals surface area contributed by atoms with E-state index in [0.717, 1.165) is 0 Å². The molecule has 0 spiro atoms. The minimum atomic E-state index is -0.340. The van der Waals surface area contributed by atoms with Gasteiger partial charge in [0, 0.05) is 5.25 Å². The second-order valence-electron chi connectivity index (χ2n) is 3.49. The van der Waals surface area contributed by atoms with Gasteiger partial charge in [0.05, 0.1) is 18.7 Å². The van der Waals surface area contributed by atoms with E-state index in [1.807, 2.05) is 0 Å². The van der Waals surface area contributed by atoms with Crippen molar-refractivity contribution in [2.24, 2.45) is 0 Å². The fourth-order valence-electron chi connectivity index (χ4n) is 1.49. The van der Waals surface area contributed by atoms with Crippen LogP contribution in [0.1, 0.15) is 12.2 Å². The highest BCUT2D eigenvalue weighted by atomic mass is 32.1. The Kier molecular flexibility index (Phi) is 3.40. The Labute approximate surface area is 97.9 Å². The van der Waals surface area contributed by atoms with Gasteiger partial charge < -0.3 is 5.11 Å². The summed E-state index contributed by atoms with van der Waals surface area (Å²) in [6.45, 7) is 0.347. The van der Waals surface area contributed by atoms with E-state index in [9.17, 15) is 4.39 Å². The number of aliphatic hydroxyl groups is 1. The van der Waals surface area contributed by atoms with Crippen LogP contribution in [-0.4, -0.2) is 31.7 Å². The highest BCUT2D eigenvalue weighted by Crippen LogP contribution is 2.28. The molecule has 1 aromatic heterocycles. The molecule has 2 rings (SSSR count). The van der Waals surface area contributed by atoms with Crippen LogP contribution < -0.4 is 0 Å². The second-order valence-corrected chi connectivity index (χ2v) is 4.15. The van der Waals surface area contributed by atoms with Crippen molar-refractivity contribution >= 4 is 18.2 Å². The molecule has 6 heteroatoms. The summed E-state index contributed by atoms with van der Waals surface area (Å²) in [7, 11) is 0. The molecule has 1 N–H and O–H groups in total. The molecular weight excluding hydrogens is 229 g/mol. The van der Waals surface area contributed by atoms with Gasteiger partial charge in [-0.1, -0.05) is 6.08 Å². The molecule has 0 radical (unpaired) electrons. The molecule has 4 nitrogen and oxygen atoms in total. The minimum Gasteiger partial charge on any atom is -0.394 e.